The molecule has 0 amide bonds. The Bertz CT molecular complexity index is 591. The second-order valence-corrected chi connectivity index (χ2v) is 5.42. The molecule has 0 bridgehead atoms. The van der Waals surface area contributed by atoms with Gasteiger partial charge in [0.25, 0.3) is 0 Å². The van der Waals surface area contributed by atoms with Crippen LogP contribution in [-0.2, 0) is 0 Å². The smallest absolute Gasteiger partial charge is 0.142 e. The summed E-state index contributed by atoms with van der Waals surface area (Å²) in [7, 11) is 0. The van der Waals surface area contributed by atoms with Crippen molar-refractivity contribution in [3.8, 4) is 0 Å². The van der Waals surface area contributed by atoms with Gasteiger partial charge in [-0.3, -0.25) is 4.90 Å². The van der Waals surface area contributed by atoms with Gasteiger partial charge in [0.05, 0.1) is 5.39 Å². The maximum absolute atomic E-state index is 4.38. The number of nitrogens with one attached hydrogen (secondary N) is 2. The fourth-order valence-electron chi connectivity index (χ4n) is 2.82. The number of nitrogens with zero attached hydrogens (tertiary/aromatic N) is 3. The number of hydrogen-bond acceptors (Lipinski definition) is 4. The Balaban J connectivity index is 1.74. The highest BCUT2D eigenvalue weighted by Gasteiger charge is 2.22. The quantitative estimate of drug-likeness (QED) is 0.838. The summed E-state index contributed by atoms with van der Waals surface area (Å²) in [4.78, 5) is 14.2. The molecule has 0 spiro atoms. The number of fused-ring (bicyclic) bond motifs is 1. The lowest BCUT2D eigenvalue weighted by molar-refractivity contribution is 0.190. The van der Waals surface area contributed by atoms with Crippen LogP contribution in [-0.4, -0.2) is 45.0 Å². The van der Waals surface area contributed by atoms with Crippen LogP contribution in [0.2, 0.25) is 0 Å². The van der Waals surface area contributed by atoms with E-state index in [0.717, 1.165) is 29.9 Å². The highest BCUT2D eigenvalue weighted by molar-refractivity contribution is 5.86. The molecular formula is C15H21N5. The van der Waals surface area contributed by atoms with Crippen molar-refractivity contribution >= 4 is 16.9 Å². The molecule has 1 aliphatic rings. The average molecular weight is 271 g/mol. The summed E-state index contributed by atoms with van der Waals surface area (Å²) in [6, 6.07) is 2.88. The van der Waals surface area contributed by atoms with Gasteiger partial charge in [0.15, 0.2) is 0 Å². The maximum atomic E-state index is 4.38. The molecule has 0 aliphatic carbocycles. The molecule has 0 aromatic carbocycles. The first-order chi connectivity index (χ1) is 9.78. The number of anilines is 1. The predicted molar refractivity (Wildman–Crippen MR) is 81.8 cm³/mol. The van der Waals surface area contributed by atoms with Crippen LogP contribution in [0.4, 0.5) is 5.82 Å². The lowest BCUT2D eigenvalue weighted by atomic mass is 10.0. The van der Waals surface area contributed by atoms with E-state index < -0.39 is 0 Å². The minimum Gasteiger partial charge on any atom is -0.365 e. The Morgan fingerprint density at radius 3 is 3.30 bits per heavy atom. The normalized spacial score (nSPS) is 21.8. The molecule has 0 radical (unpaired) electrons. The first kappa shape index (κ1) is 13.1. The summed E-state index contributed by atoms with van der Waals surface area (Å²) < 4.78 is 0. The van der Waals surface area contributed by atoms with Crippen molar-refractivity contribution < 1.29 is 0 Å². The number of rotatable bonds is 4. The molecule has 2 atom stereocenters. The summed E-state index contributed by atoms with van der Waals surface area (Å²) >= 11 is 0. The predicted octanol–water partition coefficient (Wildman–Crippen LogP) is 2.41. The van der Waals surface area contributed by atoms with Crippen LogP contribution in [0.25, 0.3) is 11.0 Å². The minimum atomic E-state index is 0.428. The van der Waals surface area contributed by atoms with Crippen LogP contribution in [0, 0.1) is 0 Å². The summed E-state index contributed by atoms with van der Waals surface area (Å²) in [6.45, 7) is 8.27. The Morgan fingerprint density at radius 2 is 2.45 bits per heavy atom. The van der Waals surface area contributed by atoms with E-state index in [9.17, 15) is 0 Å². The van der Waals surface area contributed by atoms with E-state index in [4.69, 9.17) is 0 Å². The second-order valence-electron chi connectivity index (χ2n) is 5.42. The molecule has 1 fully saturated rings. The molecule has 2 N–H and O–H groups in total. The van der Waals surface area contributed by atoms with Crippen LogP contribution in [0.1, 0.15) is 19.8 Å². The molecule has 5 heteroatoms. The molecule has 2 aromatic rings. The van der Waals surface area contributed by atoms with Crippen LogP contribution < -0.4 is 5.32 Å². The van der Waals surface area contributed by atoms with Gasteiger partial charge in [-0.25, -0.2) is 9.97 Å². The van der Waals surface area contributed by atoms with Crippen LogP contribution in [0.3, 0.4) is 0 Å². The van der Waals surface area contributed by atoms with Crippen LogP contribution in [0.15, 0.2) is 31.2 Å². The molecule has 1 saturated heterocycles. The molecule has 106 valence electrons. The van der Waals surface area contributed by atoms with Crippen molar-refractivity contribution in [3.63, 3.8) is 0 Å². The molecule has 20 heavy (non-hydrogen) atoms. The Labute approximate surface area is 119 Å². The fourth-order valence-corrected chi connectivity index (χ4v) is 2.82. The van der Waals surface area contributed by atoms with E-state index >= 15 is 0 Å². The third kappa shape index (κ3) is 2.54. The average Bonchev–Trinajstić information content (AvgIpc) is 2.96. The molecule has 0 saturated carbocycles. The minimum absolute atomic E-state index is 0.428. The van der Waals surface area contributed by atoms with E-state index in [-0.39, 0.29) is 0 Å². The van der Waals surface area contributed by atoms with Gasteiger partial charge in [0.1, 0.15) is 17.8 Å². The van der Waals surface area contributed by atoms with Gasteiger partial charge in [0.2, 0.25) is 0 Å². The van der Waals surface area contributed by atoms with Gasteiger partial charge in [-0.1, -0.05) is 6.08 Å². The molecule has 2 unspecified atom stereocenters. The van der Waals surface area contributed by atoms with Crippen molar-refractivity contribution in [2.24, 2.45) is 0 Å². The number of aromatic amines is 1. The van der Waals surface area contributed by atoms with Crippen molar-refractivity contribution in [2.45, 2.75) is 31.8 Å². The Morgan fingerprint density at radius 1 is 1.55 bits per heavy atom. The molecule has 5 nitrogen and oxygen atoms in total. The van der Waals surface area contributed by atoms with Gasteiger partial charge in [-0.05, 0) is 32.4 Å². The summed E-state index contributed by atoms with van der Waals surface area (Å²) in [6.07, 6.45) is 7.90. The van der Waals surface area contributed by atoms with Crippen LogP contribution in [0.5, 0.6) is 0 Å². The highest BCUT2D eigenvalue weighted by atomic mass is 15.2. The molecule has 3 rings (SSSR count). The van der Waals surface area contributed by atoms with Gasteiger partial charge in [-0.15, -0.1) is 6.58 Å². The first-order valence-corrected chi connectivity index (χ1v) is 7.19. The zero-order valence-corrected chi connectivity index (χ0v) is 11.8. The number of piperidine rings is 1. The van der Waals surface area contributed by atoms with Gasteiger partial charge < -0.3 is 10.3 Å². The number of likely N-dealkylation sites (tertiary alicyclic amines) is 1. The standard InChI is InChI=1S/C15H21N5/c1-3-11(2)20-8-4-5-12(9-20)19-15-13-6-7-16-14(13)17-10-18-15/h3,6-7,10-12H,1,4-5,8-9H2,2H3,(H2,16,17,18,19). The van der Waals surface area contributed by atoms with E-state index in [1.54, 1.807) is 6.33 Å². The molecule has 2 aromatic heterocycles. The van der Waals surface area contributed by atoms with E-state index in [2.05, 4.69) is 38.7 Å². The van der Waals surface area contributed by atoms with Crippen LogP contribution >= 0.6 is 0 Å². The van der Waals surface area contributed by atoms with Crippen molar-refractivity contribution in [3.05, 3.63) is 31.2 Å². The van der Waals surface area contributed by atoms with Crippen molar-refractivity contribution in [1.29, 1.82) is 0 Å². The van der Waals surface area contributed by atoms with Gasteiger partial charge in [-0.2, -0.15) is 0 Å². The Kier molecular flexibility index (Phi) is 3.69. The monoisotopic (exact) mass is 271 g/mol. The zero-order chi connectivity index (χ0) is 13.9. The van der Waals surface area contributed by atoms with Gasteiger partial charge in [0, 0.05) is 24.8 Å². The highest BCUT2D eigenvalue weighted by Crippen LogP contribution is 2.21. The number of aromatic nitrogens is 3. The SMILES string of the molecule is C=CC(C)N1CCCC(Nc2ncnc3[nH]ccc23)C1. The zero-order valence-electron chi connectivity index (χ0n) is 11.8. The van der Waals surface area contributed by atoms with E-state index in [0.29, 0.717) is 12.1 Å². The Hall–Kier alpha value is -1.88. The van der Waals surface area contributed by atoms with Crippen molar-refractivity contribution in [1.82, 2.24) is 19.9 Å². The molecule has 3 heterocycles. The third-order valence-electron chi connectivity index (χ3n) is 4.06. The summed E-state index contributed by atoms with van der Waals surface area (Å²) in [5.41, 5.74) is 0.884. The number of H-pyrrole nitrogens is 1. The molecular weight excluding hydrogens is 250 g/mol. The van der Waals surface area contributed by atoms with Crippen molar-refractivity contribution in [2.75, 3.05) is 18.4 Å². The number of hydrogen-bond donors (Lipinski definition) is 2. The second kappa shape index (κ2) is 5.63. The maximum Gasteiger partial charge on any atom is 0.142 e. The van der Waals surface area contributed by atoms with Gasteiger partial charge >= 0.3 is 0 Å². The molecule has 1 aliphatic heterocycles. The van der Waals surface area contributed by atoms with E-state index in [1.807, 2.05) is 18.3 Å². The summed E-state index contributed by atoms with van der Waals surface area (Å²) in [5, 5.41) is 4.63. The first-order valence-electron chi connectivity index (χ1n) is 7.19. The third-order valence-corrected chi connectivity index (χ3v) is 4.06. The largest absolute Gasteiger partial charge is 0.365 e. The fraction of sp³-hybridized carbons (Fsp3) is 0.467. The lowest BCUT2D eigenvalue weighted by Gasteiger charge is -2.36. The topological polar surface area (TPSA) is 56.8 Å². The van der Waals surface area contributed by atoms with E-state index in [1.165, 1.54) is 12.8 Å². The lowest BCUT2D eigenvalue weighted by Crippen LogP contribution is -2.45. The summed E-state index contributed by atoms with van der Waals surface area (Å²) in [5.74, 6) is 0.925.